The highest BCUT2D eigenvalue weighted by Crippen LogP contribution is 2.24. The van der Waals surface area contributed by atoms with Crippen molar-refractivity contribution in [1.82, 2.24) is 14.9 Å². The second-order valence-corrected chi connectivity index (χ2v) is 8.52. The average Bonchev–Trinajstić information content (AvgIpc) is 3.16. The molecule has 0 spiro atoms. The number of carbonyl (C=O) groups excluding carboxylic acids is 2. The first-order chi connectivity index (χ1) is 13.8. The van der Waals surface area contributed by atoms with E-state index in [2.05, 4.69) is 42.6 Å². The van der Waals surface area contributed by atoms with Crippen LogP contribution in [0.4, 0.5) is 5.69 Å². The van der Waals surface area contributed by atoms with Gasteiger partial charge in [-0.25, -0.2) is 9.97 Å². The highest BCUT2D eigenvalue weighted by molar-refractivity contribution is 5.99. The van der Waals surface area contributed by atoms with Crippen LogP contribution in [0.1, 0.15) is 48.9 Å². The van der Waals surface area contributed by atoms with Crippen LogP contribution >= 0.6 is 0 Å². The van der Waals surface area contributed by atoms with Crippen molar-refractivity contribution in [3.8, 4) is 0 Å². The molecule has 3 rings (SSSR count). The minimum atomic E-state index is -0.274. The Kier molecular flexibility index (Phi) is 6.11. The van der Waals surface area contributed by atoms with Gasteiger partial charge in [-0.2, -0.15) is 0 Å². The van der Waals surface area contributed by atoms with Crippen molar-refractivity contribution < 1.29 is 9.59 Å². The van der Waals surface area contributed by atoms with E-state index in [1.54, 1.807) is 24.3 Å². The molecule has 6 heteroatoms. The van der Waals surface area contributed by atoms with Crippen LogP contribution in [0.25, 0.3) is 0 Å². The first-order valence-corrected chi connectivity index (χ1v) is 9.90. The van der Waals surface area contributed by atoms with Crippen molar-refractivity contribution in [1.29, 1.82) is 0 Å². The maximum absolute atomic E-state index is 12.8. The number of nitrogens with one attached hydrogen (secondary N) is 1. The molecule has 0 radical (unpaired) electrons. The Bertz CT molecular complexity index is 883. The molecule has 1 saturated heterocycles. The van der Waals surface area contributed by atoms with E-state index in [1.807, 2.05) is 17.3 Å². The molecule has 0 saturated carbocycles. The highest BCUT2D eigenvalue weighted by Gasteiger charge is 2.28. The number of anilines is 1. The summed E-state index contributed by atoms with van der Waals surface area (Å²) in [5.74, 6) is 0.938. The third-order valence-electron chi connectivity index (χ3n) is 5.20. The number of benzene rings is 1. The van der Waals surface area contributed by atoms with E-state index in [4.69, 9.17) is 0 Å². The van der Waals surface area contributed by atoms with Gasteiger partial charge in [0.15, 0.2) is 0 Å². The summed E-state index contributed by atoms with van der Waals surface area (Å²) in [6, 6.07) is 6.94. The SMILES string of the molecule is C=CC(=O)Nc1ccc(C(=O)N2CC[C@@H](Cc3ncc(C(C)(C)C)cn3)C2)cc1. The van der Waals surface area contributed by atoms with Crippen LogP contribution < -0.4 is 5.32 Å². The van der Waals surface area contributed by atoms with E-state index in [0.717, 1.165) is 30.8 Å². The van der Waals surface area contributed by atoms with Gasteiger partial charge in [0.2, 0.25) is 5.91 Å². The molecule has 152 valence electrons. The molecule has 6 nitrogen and oxygen atoms in total. The molecule has 1 aliphatic rings. The highest BCUT2D eigenvalue weighted by atomic mass is 16.2. The van der Waals surface area contributed by atoms with Crippen molar-refractivity contribution >= 4 is 17.5 Å². The lowest BCUT2D eigenvalue weighted by Crippen LogP contribution is -2.29. The van der Waals surface area contributed by atoms with Crippen LogP contribution in [0.15, 0.2) is 49.3 Å². The molecule has 0 aliphatic carbocycles. The molecule has 1 aliphatic heterocycles. The van der Waals surface area contributed by atoms with Crippen LogP contribution in [-0.2, 0) is 16.6 Å². The molecule has 1 aromatic carbocycles. The number of hydrogen-bond donors (Lipinski definition) is 1. The standard InChI is InChI=1S/C23H28N4O2/c1-5-21(28)26-19-8-6-17(7-9-19)22(29)27-11-10-16(15-27)12-20-24-13-18(14-25-20)23(2,3)4/h5-9,13-14,16H,1,10-12,15H2,2-4H3,(H,26,28)/t16-/m0/s1. The molecule has 0 bridgehead atoms. The Morgan fingerprint density at radius 3 is 2.45 bits per heavy atom. The zero-order valence-electron chi connectivity index (χ0n) is 17.3. The zero-order valence-corrected chi connectivity index (χ0v) is 17.3. The number of carbonyl (C=O) groups is 2. The Labute approximate surface area is 172 Å². The fourth-order valence-electron chi connectivity index (χ4n) is 3.36. The van der Waals surface area contributed by atoms with E-state index < -0.39 is 0 Å². The van der Waals surface area contributed by atoms with Crippen molar-refractivity contribution in [2.75, 3.05) is 18.4 Å². The minimum Gasteiger partial charge on any atom is -0.338 e. The van der Waals surface area contributed by atoms with Gasteiger partial charge in [0.1, 0.15) is 5.82 Å². The topological polar surface area (TPSA) is 75.2 Å². The lowest BCUT2D eigenvalue weighted by Gasteiger charge is -2.18. The van der Waals surface area contributed by atoms with Crippen LogP contribution in [-0.4, -0.2) is 39.8 Å². The molecule has 1 N–H and O–H groups in total. The summed E-state index contributed by atoms with van der Waals surface area (Å²) in [6.45, 7) is 11.3. The lowest BCUT2D eigenvalue weighted by molar-refractivity contribution is -0.111. The van der Waals surface area contributed by atoms with Gasteiger partial charge in [0, 0.05) is 43.2 Å². The van der Waals surface area contributed by atoms with E-state index in [9.17, 15) is 9.59 Å². The molecule has 1 fully saturated rings. The third kappa shape index (κ3) is 5.28. The van der Waals surface area contributed by atoms with Gasteiger partial charge >= 0.3 is 0 Å². The van der Waals surface area contributed by atoms with Crippen molar-refractivity contribution in [3.05, 3.63) is 66.3 Å². The Morgan fingerprint density at radius 1 is 1.21 bits per heavy atom. The Balaban J connectivity index is 1.56. The van der Waals surface area contributed by atoms with Gasteiger partial charge in [0.25, 0.3) is 5.91 Å². The van der Waals surface area contributed by atoms with Crippen LogP contribution in [0.3, 0.4) is 0 Å². The summed E-state index contributed by atoms with van der Waals surface area (Å²) >= 11 is 0. The van der Waals surface area contributed by atoms with Gasteiger partial charge < -0.3 is 10.2 Å². The van der Waals surface area contributed by atoms with Crippen molar-refractivity contribution in [2.45, 2.75) is 39.0 Å². The van der Waals surface area contributed by atoms with E-state index in [0.29, 0.717) is 23.7 Å². The number of amides is 2. The summed E-state index contributed by atoms with van der Waals surface area (Å²) in [7, 11) is 0. The fourth-order valence-corrected chi connectivity index (χ4v) is 3.36. The first-order valence-electron chi connectivity index (χ1n) is 9.90. The van der Waals surface area contributed by atoms with Crippen LogP contribution in [0.2, 0.25) is 0 Å². The average molecular weight is 393 g/mol. The number of hydrogen-bond acceptors (Lipinski definition) is 4. The second-order valence-electron chi connectivity index (χ2n) is 8.52. The van der Waals surface area contributed by atoms with Gasteiger partial charge in [0.05, 0.1) is 0 Å². The molecule has 2 heterocycles. The smallest absolute Gasteiger partial charge is 0.253 e. The summed E-state index contributed by atoms with van der Waals surface area (Å²) < 4.78 is 0. The lowest BCUT2D eigenvalue weighted by atomic mass is 9.89. The summed E-state index contributed by atoms with van der Waals surface area (Å²) in [5.41, 5.74) is 2.42. The van der Waals surface area contributed by atoms with Crippen molar-refractivity contribution in [3.63, 3.8) is 0 Å². The maximum Gasteiger partial charge on any atom is 0.253 e. The van der Waals surface area contributed by atoms with Gasteiger partial charge in [-0.05, 0) is 53.7 Å². The van der Waals surface area contributed by atoms with Crippen molar-refractivity contribution in [2.24, 2.45) is 5.92 Å². The van der Waals surface area contributed by atoms with Crippen LogP contribution in [0, 0.1) is 5.92 Å². The molecule has 2 amide bonds. The Morgan fingerprint density at radius 2 is 1.86 bits per heavy atom. The summed E-state index contributed by atoms with van der Waals surface area (Å²) in [5, 5.41) is 2.68. The maximum atomic E-state index is 12.8. The normalized spacial score (nSPS) is 16.5. The number of rotatable bonds is 5. The summed E-state index contributed by atoms with van der Waals surface area (Å²) in [6.07, 6.45) is 6.76. The molecule has 1 atom stereocenters. The molecule has 0 unspecified atom stereocenters. The van der Waals surface area contributed by atoms with E-state index >= 15 is 0 Å². The zero-order chi connectivity index (χ0) is 21.0. The minimum absolute atomic E-state index is 0.0121. The predicted octanol–water partition coefficient (Wildman–Crippen LogP) is 3.60. The number of aromatic nitrogens is 2. The monoisotopic (exact) mass is 392 g/mol. The van der Waals surface area contributed by atoms with Crippen LogP contribution in [0.5, 0.6) is 0 Å². The second kappa shape index (κ2) is 8.55. The third-order valence-corrected chi connectivity index (χ3v) is 5.20. The van der Waals surface area contributed by atoms with Gasteiger partial charge in [-0.3, -0.25) is 9.59 Å². The van der Waals surface area contributed by atoms with E-state index in [1.165, 1.54) is 6.08 Å². The van der Waals surface area contributed by atoms with Gasteiger partial charge in [-0.1, -0.05) is 27.4 Å². The molecular weight excluding hydrogens is 364 g/mol. The fraction of sp³-hybridized carbons (Fsp3) is 0.391. The number of nitrogens with zero attached hydrogens (tertiary/aromatic N) is 3. The molecule has 29 heavy (non-hydrogen) atoms. The largest absolute Gasteiger partial charge is 0.338 e. The number of likely N-dealkylation sites (tertiary alicyclic amines) is 1. The predicted molar refractivity (Wildman–Crippen MR) is 114 cm³/mol. The molecule has 1 aromatic heterocycles. The Hall–Kier alpha value is -3.02. The summed E-state index contributed by atoms with van der Waals surface area (Å²) in [4.78, 5) is 35.1. The van der Waals surface area contributed by atoms with E-state index in [-0.39, 0.29) is 17.2 Å². The first kappa shape index (κ1) is 20.7. The molecular formula is C23H28N4O2. The van der Waals surface area contributed by atoms with Gasteiger partial charge in [-0.15, -0.1) is 0 Å². The quantitative estimate of drug-likeness (QED) is 0.789. The molecule has 2 aromatic rings.